The maximum absolute atomic E-state index is 2.20. The fourth-order valence-electron chi connectivity index (χ4n) is 1.06. The minimum absolute atomic E-state index is 1.03. The van der Waals surface area contributed by atoms with Crippen LogP contribution in [0.3, 0.4) is 0 Å². The number of rotatable bonds is 0. The van der Waals surface area contributed by atoms with Crippen molar-refractivity contribution in [1.29, 1.82) is 0 Å². The Kier molecular flexibility index (Phi) is 5.54. The van der Waals surface area contributed by atoms with E-state index >= 15 is 0 Å². The summed E-state index contributed by atoms with van der Waals surface area (Å²) in [6.45, 7) is 0. The van der Waals surface area contributed by atoms with Crippen molar-refractivity contribution in [1.82, 2.24) is 0 Å². The van der Waals surface area contributed by atoms with Crippen LogP contribution < -0.4 is 0 Å². The van der Waals surface area contributed by atoms with Gasteiger partial charge in [0.15, 0.2) is 0 Å². The second kappa shape index (κ2) is 7.35. The molecule has 0 nitrogen and oxygen atoms in total. The van der Waals surface area contributed by atoms with Crippen LogP contribution in [0.25, 0.3) is 0 Å². The van der Waals surface area contributed by atoms with Crippen molar-refractivity contribution in [3.63, 3.8) is 0 Å². The molecule has 1 aliphatic rings. The van der Waals surface area contributed by atoms with Crippen molar-refractivity contribution in [2.45, 2.75) is 19.3 Å². The molecule has 1 aliphatic carbocycles. The minimum Gasteiger partial charge on any atom is -0.0844 e. The summed E-state index contributed by atoms with van der Waals surface area (Å²) in [6.07, 6.45) is 24.5. The van der Waals surface area contributed by atoms with Crippen molar-refractivity contribution in [3.05, 3.63) is 60.8 Å². The van der Waals surface area contributed by atoms with Gasteiger partial charge in [-0.05, 0) is 19.3 Å². The summed E-state index contributed by atoms with van der Waals surface area (Å²) in [4.78, 5) is 0. The van der Waals surface area contributed by atoms with E-state index in [-0.39, 0.29) is 0 Å². The van der Waals surface area contributed by atoms with E-state index < -0.39 is 0 Å². The lowest BCUT2D eigenvalue weighted by Gasteiger charge is -1.82. The molecular formula is C13H16. The molecule has 0 aliphatic heterocycles. The summed E-state index contributed by atoms with van der Waals surface area (Å²) in [5, 5.41) is 0. The van der Waals surface area contributed by atoms with Gasteiger partial charge in [-0.2, -0.15) is 0 Å². The van der Waals surface area contributed by atoms with E-state index in [1.807, 2.05) is 0 Å². The smallest absolute Gasteiger partial charge is 0.0166 e. The van der Waals surface area contributed by atoms with Gasteiger partial charge < -0.3 is 0 Å². The molecular weight excluding hydrogens is 156 g/mol. The highest BCUT2D eigenvalue weighted by Gasteiger charge is 1.74. The molecule has 0 saturated heterocycles. The van der Waals surface area contributed by atoms with Crippen LogP contribution in [0.1, 0.15) is 19.3 Å². The molecule has 0 aromatic carbocycles. The average Bonchev–Trinajstić information content (AvgIpc) is 2.18. The zero-order chi connectivity index (χ0) is 9.19. The molecule has 0 unspecified atom stereocenters. The van der Waals surface area contributed by atoms with Crippen molar-refractivity contribution in [3.8, 4) is 0 Å². The first-order valence-electron chi connectivity index (χ1n) is 4.78. The van der Waals surface area contributed by atoms with Crippen LogP contribution in [0.15, 0.2) is 60.8 Å². The molecule has 1 rings (SSSR count). The second-order valence-electron chi connectivity index (χ2n) is 2.89. The van der Waals surface area contributed by atoms with Crippen molar-refractivity contribution < 1.29 is 0 Å². The first-order valence-corrected chi connectivity index (χ1v) is 4.78. The maximum atomic E-state index is 2.20. The lowest BCUT2D eigenvalue weighted by atomic mass is 10.3. The van der Waals surface area contributed by atoms with Gasteiger partial charge in [-0.1, -0.05) is 60.8 Å². The van der Waals surface area contributed by atoms with Crippen LogP contribution >= 0.6 is 0 Å². The largest absolute Gasteiger partial charge is 0.0844 e. The predicted molar refractivity (Wildman–Crippen MR) is 59.6 cm³/mol. The average molecular weight is 172 g/mol. The third kappa shape index (κ3) is 5.92. The van der Waals surface area contributed by atoms with Gasteiger partial charge in [0.1, 0.15) is 0 Å². The summed E-state index contributed by atoms with van der Waals surface area (Å²) in [7, 11) is 0. The highest BCUT2D eigenvalue weighted by Crippen LogP contribution is 1.95. The third-order valence-electron chi connectivity index (χ3n) is 1.76. The van der Waals surface area contributed by atoms with E-state index in [0.29, 0.717) is 0 Å². The molecule has 0 aromatic rings. The molecule has 0 heteroatoms. The van der Waals surface area contributed by atoms with Gasteiger partial charge in [-0.25, -0.2) is 0 Å². The summed E-state index contributed by atoms with van der Waals surface area (Å²) in [5.74, 6) is 0. The van der Waals surface area contributed by atoms with E-state index in [2.05, 4.69) is 60.8 Å². The molecule has 0 amide bonds. The van der Waals surface area contributed by atoms with Crippen LogP contribution in [0, 0.1) is 0 Å². The van der Waals surface area contributed by atoms with Gasteiger partial charge >= 0.3 is 0 Å². The SMILES string of the molecule is C1=C\C=C\C/C=C/C/C=C/C/C=C/1. The Hall–Kier alpha value is -1.30. The van der Waals surface area contributed by atoms with Crippen molar-refractivity contribution in [2.75, 3.05) is 0 Å². The molecule has 68 valence electrons. The number of allylic oxidation sites excluding steroid dienone is 10. The minimum atomic E-state index is 1.03. The Morgan fingerprint density at radius 1 is 0.385 bits per heavy atom. The van der Waals surface area contributed by atoms with Gasteiger partial charge in [0.2, 0.25) is 0 Å². The van der Waals surface area contributed by atoms with Crippen LogP contribution in [0.5, 0.6) is 0 Å². The normalized spacial score (nSPS) is 30.2. The molecule has 0 atom stereocenters. The fourth-order valence-corrected chi connectivity index (χ4v) is 1.06. The molecule has 0 spiro atoms. The Labute approximate surface area is 80.7 Å². The number of hydrogen-bond donors (Lipinski definition) is 0. The molecule has 13 heavy (non-hydrogen) atoms. The first-order chi connectivity index (χ1) is 6.50. The molecule has 0 heterocycles. The van der Waals surface area contributed by atoms with Gasteiger partial charge in [-0.3, -0.25) is 0 Å². The highest BCUT2D eigenvalue weighted by atomic mass is 13.8. The van der Waals surface area contributed by atoms with E-state index in [1.54, 1.807) is 0 Å². The Bertz CT molecular complexity index is 223. The molecule has 0 saturated carbocycles. The Morgan fingerprint density at radius 3 is 1.23 bits per heavy atom. The lowest BCUT2D eigenvalue weighted by molar-refractivity contribution is 1.28. The predicted octanol–water partition coefficient (Wildman–Crippen LogP) is 3.95. The van der Waals surface area contributed by atoms with Crippen LogP contribution in [0.2, 0.25) is 0 Å². The molecule has 0 aromatic heterocycles. The monoisotopic (exact) mass is 172 g/mol. The van der Waals surface area contributed by atoms with Crippen molar-refractivity contribution >= 4 is 0 Å². The van der Waals surface area contributed by atoms with Gasteiger partial charge in [0.25, 0.3) is 0 Å². The van der Waals surface area contributed by atoms with Crippen molar-refractivity contribution in [2.24, 2.45) is 0 Å². The molecule has 0 bridgehead atoms. The van der Waals surface area contributed by atoms with E-state index in [1.165, 1.54) is 0 Å². The number of hydrogen-bond acceptors (Lipinski definition) is 0. The van der Waals surface area contributed by atoms with E-state index in [9.17, 15) is 0 Å². The zero-order valence-electron chi connectivity index (χ0n) is 7.89. The topological polar surface area (TPSA) is 0 Å². The van der Waals surface area contributed by atoms with Crippen LogP contribution in [0.4, 0.5) is 0 Å². The summed E-state index contributed by atoms with van der Waals surface area (Å²) >= 11 is 0. The third-order valence-corrected chi connectivity index (χ3v) is 1.76. The van der Waals surface area contributed by atoms with Crippen LogP contribution in [-0.2, 0) is 0 Å². The summed E-state index contributed by atoms with van der Waals surface area (Å²) < 4.78 is 0. The fraction of sp³-hybridized carbons (Fsp3) is 0.231. The van der Waals surface area contributed by atoms with Crippen LogP contribution in [-0.4, -0.2) is 0 Å². The van der Waals surface area contributed by atoms with E-state index in [0.717, 1.165) is 19.3 Å². The van der Waals surface area contributed by atoms with Gasteiger partial charge in [0.05, 0.1) is 0 Å². The Balaban J connectivity index is 2.49. The standard InChI is InChI=1S/C13H16/c1-2-4-6-8-10-12-13-11-9-7-5-3-1/h1-6,9-12H,7-8,13H2/b2-1-,5-3+,6-4+,11-9+,12-10+. The zero-order valence-corrected chi connectivity index (χ0v) is 7.89. The first kappa shape index (κ1) is 9.79. The lowest BCUT2D eigenvalue weighted by Crippen LogP contribution is -1.61. The summed E-state index contributed by atoms with van der Waals surface area (Å²) in [5.41, 5.74) is 0. The molecule has 0 radical (unpaired) electrons. The highest BCUT2D eigenvalue weighted by molar-refractivity contribution is 5.13. The quantitative estimate of drug-likeness (QED) is 0.485. The van der Waals surface area contributed by atoms with Gasteiger partial charge in [0, 0.05) is 0 Å². The Morgan fingerprint density at radius 2 is 0.769 bits per heavy atom. The maximum Gasteiger partial charge on any atom is -0.0166 e. The molecule has 0 N–H and O–H groups in total. The summed E-state index contributed by atoms with van der Waals surface area (Å²) in [6, 6.07) is 0. The van der Waals surface area contributed by atoms with E-state index in [4.69, 9.17) is 0 Å². The second-order valence-corrected chi connectivity index (χ2v) is 2.89. The van der Waals surface area contributed by atoms with Gasteiger partial charge in [-0.15, -0.1) is 0 Å². The molecule has 0 fully saturated rings.